The highest BCUT2D eigenvalue weighted by Gasteiger charge is 2.32. The number of fused-ring (bicyclic) bond motifs is 18. The fourth-order valence-corrected chi connectivity index (χ4v) is 17.0. The van der Waals surface area contributed by atoms with Crippen LogP contribution in [-0.2, 0) is 0 Å². The molecule has 6 heterocycles. The molecule has 13 aromatic carbocycles. The van der Waals surface area contributed by atoms with Gasteiger partial charge in [0, 0.05) is 108 Å². The lowest BCUT2D eigenvalue weighted by atomic mass is 9.89. The van der Waals surface area contributed by atoms with E-state index in [4.69, 9.17) is 0 Å². The average molecular weight is 1100 g/mol. The number of hydrogen-bond acceptors (Lipinski definition) is 4. The van der Waals surface area contributed by atoms with Crippen molar-refractivity contribution in [3.8, 4) is 22.3 Å². The number of rotatable bonds is 8. The molecule has 84 heavy (non-hydrogen) atoms. The van der Waals surface area contributed by atoms with Crippen LogP contribution in [0.3, 0.4) is 0 Å². The minimum atomic E-state index is 1.11. The van der Waals surface area contributed by atoms with Crippen LogP contribution >= 0.6 is 22.7 Å². The van der Waals surface area contributed by atoms with E-state index in [9.17, 15) is 0 Å². The summed E-state index contributed by atoms with van der Waals surface area (Å²) < 4.78 is 10.4. The zero-order valence-electron chi connectivity index (χ0n) is 45.2. The molecule has 0 amide bonds. The summed E-state index contributed by atoms with van der Waals surface area (Å²) in [6.45, 7) is 0. The summed E-state index contributed by atoms with van der Waals surface area (Å²) in [5, 5.41) is 15.1. The molecule has 0 spiro atoms. The van der Waals surface area contributed by atoms with Crippen LogP contribution in [-0.4, -0.2) is 8.80 Å². The predicted molar refractivity (Wildman–Crippen MR) is 362 cm³/mol. The van der Waals surface area contributed by atoms with Crippen LogP contribution in [0.25, 0.3) is 139 Å². The third-order valence-electron chi connectivity index (χ3n) is 17.9. The van der Waals surface area contributed by atoms with Crippen LogP contribution in [0, 0.1) is 0 Å². The standard InChI is InChI=1S/C78H46N4S2/c1-5-21-47(22-6-1)69-71-61-35-17-31-57-54-44-42-52(80(50-27-11-4-12-28-50)64-38-20-34-60-56-30-14-16-40-68(56)84-78(60)64)46-66(54)82(73(57)61)76(71)70(48-23-7-2-8-24-48)72-62-36-18-32-58-53-43-41-51(45-65(53)81(74(58)62)75(69)72)79(49-25-9-3-10-26-49)63-37-19-33-59-55-29-13-15-39-67(55)83-77(59)63/h1-46H. The SMILES string of the molecule is c1ccc(-c2c3c4cccc5c6ccc(N(c7ccccc7)c7cccc8c7sc7ccccc78)cc6n(c3c(-c3ccccc3)c3c6cccc7c8ccc(N(c9ccccc9)c9cccc%10c9sc9ccccc9%10)cc8n(c23)c76)c54)cc1. The van der Waals surface area contributed by atoms with Gasteiger partial charge in [0.15, 0.2) is 0 Å². The van der Waals surface area contributed by atoms with E-state index in [2.05, 4.69) is 298 Å². The lowest BCUT2D eigenvalue weighted by Crippen LogP contribution is -2.10. The van der Waals surface area contributed by atoms with Gasteiger partial charge >= 0.3 is 0 Å². The minimum Gasteiger partial charge on any atom is -0.309 e. The van der Waals surface area contributed by atoms with Crippen molar-refractivity contribution in [2.45, 2.75) is 0 Å². The van der Waals surface area contributed by atoms with E-state index in [1.54, 1.807) is 0 Å². The number of benzene rings is 13. The fourth-order valence-electron chi connectivity index (χ4n) is 14.5. The topological polar surface area (TPSA) is 15.3 Å². The Balaban J connectivity index is 0.956. The van der Waals surface area contributed by atoms with Crippen LogP contribution in [0.2, 0.25) is 0 Å². The molecule has 0 atom stereocenters. The molecule has 390 valence electrons. The maximum atomic E-state index is 2.65. The zero-order chi connectivity index (χ0) is 54.7. The molecule has 0 saturated carbocycles. The molecule has 6 heteroatoms. The van der Waals surface area contributed by atoms with Crippen molar-refractivity contribution in [1.29, 1.82) is 0 Å². The Bertz CT molecular complexity index is 5490. The van der Waals surface area contributed by atoms with Gasteiger partial charge in [-0.15, -0.1) is 22.7 Å². The van der Waals surface area contributed by atoms with Crippen LogP contribution in [0.4, 0.5) is 34.1 Å². The van der Waals surface area contributed by atoms with Gasteiger partial charge in [-0.1, -0.05) is 206 Å². The molecule has 4 nitrogen and oxygen atoms in total. The third kappa shape index (κ3) is 6.30. The van der Waals surface area contributed by atoms with Crippen molar-refractivity contribution in [2.24, 2.45) is 0 Å². The Morgan fingerprint density at radius 3 is 1.05 bits per heavy atom. The quantitative estimate of drug-likeness (QED) is 0.151. The van der Waals surface area contributed by atoms with E-state index in [1.807, 2.05) is 22.7 Å². The molecule has 0 aliphatic rings. The molecular formula is C78H46N4S2. The second-order valence-electron chi connectivity index (χ2n) is 22.3. The van der Waals surface area contributed by atoms with Crippen molar-refractivity contribution < 1.29 is 0 Å². The fraction of sp³-hybridized carbons (Fsp3) is 0. The molecule has 0 unspecified atom stereocenters. The first kappa shape index (κ1) is 46.1. The van der Waals surface area contributed by atoms with E-state index in [1.165, 1.54) is 150 Å². The van der Waals surface area contributed by atoms with Crippen LogP contribution < -0.4 is 9.80 Å². The molecule has 19 rings (SSSR count). The smallest absolute Gasteiger partial charge is 0.0640 e. The van der Waals surface area contributed by atoms with Crippen molar-refractivity contribution >= 4 is 173 Å². The summed E-state index contributed by atoms with van der Waals surface area (Å²) in [6.07, 6.45) is 0. The third-order valence-corrected chi connectivity index (χ3v) is 20.3. The summed E-state index contributed by atoms with van der Waals surface area (Å²) in [6, 6.07) is 104. The first-order chi connectivity index (χ1) is 41.7. The van der Waals surface area contributed by atoms with Gasteiger partial charge in [0.2, 0.25) is 0 Å². The Hall–Kier alpha value is -10.5. The molecule has 19 aromatic rings. The monoisotopic (exact) mass is 1100 g/mol. The first-order valence-corrected chi connectivity index (χ1v) is 30.4. The lowest BCUT2D eigenvalue weighted by molar-refractivity contribution is 1.29. The first-order valence-electron chi connectivity index (χ1n) is 28.7. The predicted octanol–water partition coefficient (Wildman–Crippen LogP) is 23.0. The van der Waals surface area contributed by atoms with Gasteiger partial charge in [-0.3, -0.25) is 0 Å². The molecule has 6 aromatic heterocycles. The number of para-hydroxylation sites is 4. The normalized spacial score (nSPS) is 12.3. The van der Waals surface area contributed by atoms with Gasteiger partial charge < -0.3 is 18.6 Å². The molecular weight excluding hydrogens is 1060 g/mol. The number of thiophene rings is 2. The number of hydrogen-bond donors (Lipinski definition) is 0. The molecule has 0 N–H and O–H groups in total. The summed E-state index contributed by atoms with van der Waals surface area (Å²) in [5.74, 6) is 0. The number of nitrogens with zero attached hydrogens (tertiary/aromatic N) is 4. The van der Waals surface area contributed by atoms with Crippen molar-refractivity contribution in [1.82, 2.24) is 8.80 Å². The Kier molecular flexibility index (Phi) is 9.62. The van der Waals surface area contributed by atoms with E-state index in [0.29, 0.717) is 0 Å². The second-order valence-corrected chi connectivity index (χ2v) is 24.4. The zero-order valence-corrected chi connectivity index (χ0v) is 46.8. The average Bonchev–Trinajstić information content (AvgIpc) is 1.61. The maximum absolute atomic E-state index is 2.65. The lowest BCUT2D eigenvalue weighted by Gasteiger charge is -2.26. The maximum Gasteiger partial charge on any atom is 0.0640 e. The molecule has 0 bridgehead atoms. The molecule has 0 fully saturated rings. The summed E-state index contributed by atoms with van der Waals surface area (Å²) in [7, 11) is 0. The summed E-state index contributed by atoms with van der Waals surface area (Å²) >= 11 is 3.75. The molecule has 0 radical (unpaired) electrons. The van der Waals surface area contributed by atoms with Gasteiger partial charge in [0.25, 0.3) is 0 Å². The van der Waals surface area contributed by atoms with E-state index < -0.39 is 0 Å². The highest BCUT2D eigenvalue weighted by molar-refractivity contribution is 7.26. The van der Waals surface area contributed by atoms with Gasteiger partial charge in [-0.25, -0.2) is 0 Å². The number of anilines is 6. The summed E-state index contributed by atoms with van der Waals surface area (Å²) in [5.41, 5.74) is 18.9. The van der Waals surface area contributed by atoms with Crippen molar-refractivity contribution in [3.63, 3.8) is 0 Å². The van der Waals surface area contributed by atoms with Gasteiger partial charge in [0.05, 0.1) is 53.9 Å². The van der Waals surface area contributed by atoms with Crippen LogP contribution in [0.15, 0.2) is 279 Å². The van der Waals surface area contributed by atoms with E-state index in [0.717, 1.165) is 22.7 Å². The van der Waals surface area contributed by atoms with E-state index in [-0.39, 0.29) is 0 Å². The Morgan fingerprint density at radius 1 is 0.250 bits per heavy atom. The van der Waals surface area contributed by atoms with Gasteiger partial charge in [-0.2, -0.15) is 0 Å². The molecule has 0 saturated heterocycles. The molecule has 0 aliphatic carbocycles. The largest absolute Gasteiger partial charge is 0.309 e. The number of aromatic nitrogens is 2. The van der Waals surface area contributed by atoms with E-state index >= 15 is 0 Å². The van der Waals surface area contributed by atoms with Crippen LogP contribution in [0.1, 0.15) is 0 Å². The van der Waals surface area contributed by atoms with Gasteiger partial charge in [0.1, 0.15) is 0 Å². The highest BCUT2D eigenvalue weighted by atomic mass is 32.1. The van der Waals surface area contributed by atoms with Crippen molar-refractivity contribution in [3.05, 3.63) is 279 Å². The summed E-state index contributed by atoms with van der Waals surface area (Å²) in [4.78, 5) is 4.95. The second kappa shape index (κ2) is 17.5. The Labute approximate surface area is 490 Å². The highest BCUT2D eigenvalue weighted by Crippen LogP contribution is 2.56. The molecule has 0 aliphatic heterocycles. The van der Waals surface area contributed by atoms with Crippen molar-refractivity contribution in [2.75, 3.05) is 9.80 Å². The minimum absolute atomic E-state index is 1.11. The van der Waals surface area contributed by atoms with Gasteiger partial charge in [-0.05, 0) is 83.9 Å². The van der Waals surface area contributed by atoms with Crippen LogP contribution in [0.5, 0.6) is 0 Å². The Morgan fingerprint density at radius 2 is 0.607 bits per heavy atom.